The van der Waals surface area contributed by atoms with E-state index in [4.69, 9.17) is 5.41 Å². The number of aryl methyl sites for hydroxylation is 2. The number of carboxylic acids is 1. The maximum absolute atomic E-state index is 14.1. The Morgan fingerprint density at radius 1 is 0.947 bits per heavy atom. The third-order valence-corrected chi connectivity index (χ3v) is 6.05. The lowest BCUT2D eigenvalue weighted by Crippen LogP contribution is -2.26. The molecule has 0 spiro atoms. The lowest BCUT2D eigenvalue weighted by atomic mass is 9.96. The van der Waals surface area contributed by atoms with Gasteiger partial charge in [0.05, 0.1) is 5.57 Å². The van der Waals surface area contributed by atoms with Gasteiger partial charge < -0.3 is 15.3 Å². The molecule has 1 amide bonds. The Labute approximate surface area is 213 Å². The van der Waals surface area contributed by atoms with Gasteiger partial charge in [-0.05, 0) is 61.2 Å². The standard InChI is InChI=1S/C27H20F5N3O3/c1-13-4-7-16(8-5-13)35-10-2-3-15-11-14(6-9-18(15)35)12-17(24(33)27(37)38)26(36)34-25-22(31)20(29)19(28)21(30)23(25)32/h4-9,11-12,33H,2-3,10H2,1H3,(H,34,36)(H,37,38)/b17-12-,33-24?. The summed E-state index contributed by atoms with van der Waals surface area (Å²) in [7, 11) is 0. The van der Waals surface area contributed by atoms with Crippen molar-refractivity contribution in [3.8, 4) is 0 Å². The number of carboxylic acid groups (broad SMARTS) is 1. The molecule has 1 aliphatic rings. The van der Waals surface area contributed by atoms with E-state index in [0.29, 0.717) is 12.0 Å². The van der Waals surface area contributed by atoms with Crippen LogP contribution in [0.25, 0.3) is 6.08 Å². The first-order valence-electron chi connectivity index (χ1n) is 11.3. The number of fused-ring (bicyclic) bond motifs is 1. The van der Waals surface area contributed by atoms with Gasteiger partial charge in [0.15, 0.2) is 29.0 Å². The predicted octanol–water partition coefficient (Wildman–Crippen LogP) is 5.90. The van der Waals surface area contributed by atoms with Crippen LogP contribution in [0.15, 0.2) is 48.0 Å². The van der Waals surface area contributed by atoms with E-state index in [-0.39, 0.29) is 0 Å². The van der Waals surface area contributed by atoms with Crippen LogP contribution in [0, 0.1) is 41.4 Å². The van der Waals surface area contributed by atoms with E-state index in [0.717, 1.165) is 41.5 Å². The Kier molecular flexibility index (Phi) is 7.29. The van der Waals surface area contributed by atoms with Gasteiger partial charge in [-0.3, -0.25) is 10.2 Å². The Hall–Kier alpha value is -4.54. The molecule has 0 atom stereocenters. The summed E-state index contributed by atoms with van der Waals surface area (Å²) in [6.07, 6.45) is 2.47. The molecule has 3 aromatic rings. The maximum atomic E-state index is 14.1. The van der Waals surface area contributed by atoms with E-state index < -0.39 is 57.9 Å². The van der Waals surface area contributed by atoms with Gasteiger partial charge in [-0.1, -0.05) is 23.8 Å². The zero-order valence-electron chi connectivity index (χ0n) is 19.8. The van der Waals surface area contributed by atoms with Crippen LogP contribution in [0.5, 0.6) is 0 Å². The van der Waals surface area contributed by atoms with Crippen molar-refractivity contribution in [1.29, 1.82) is 5.41 Å². The smallest absolute Gasteiger partial charge is 0.354 e. The molecule has 0 unspecified atom stereocenters. The molecule has 0 fully saturated rings. The van der Waals surface area contributed by atoms with E-state index in [1.165, 1.54) is 5.32 Å². The normalized spacial score (nSPS) is 13.2. The molecule has 38 heavy (non-hydrogen) atoms. The zero-order valence-corrected chi connectivity index (χ0v) is 19.8. The summed E-state index contributed by atoms with van der Waals surface area (Å²) < 4.78 is 68.6. The molecule has 0 saturated heterocycles. The minimum atomic E-state index is -2.42. The van der Waals surface area contributed by atoms with Crippen molar-refractivity contribution in [3.63, 3.8) is 0 Å². The highest BCUT2D eigenvalue weighted by Gasteiger charge is 2.29. The summed E-state index contributed by atoms with van der Waals surface area (Å²) >= 11 is 0. The van der Waals surface area contributed by atoms with Crippen molar-refractivity contribution >= 4 is 40.7 Å². The highest BCUT2D eigenvalue weighted by molar-refractivity contribution is 6.50. The molecule has 0 bridgehead atoms. The van der Waals surface area contributed by atoms with Gasteiger partial charge in [-0.25, -0.2) is 26.7 Å². The van der Waals surface area contributed by atoms with Gasteiger partial charge in [0.25, 0.3) is 5.91 Å². The van der Waals surface area contributed by atoms with Crippen molar-refractivity contribution < 1.29 is 36.6 Å². The van der Waals surface area contributed by atoms with Crippen molar-refractivity contribution in [3.05, 3.63) is 93.8 Å². The predicted molar refractivity (Wildman–Crippen MR) is 131 cm³/mol. The van der Waals surface area contributed by atoms with Crippen LogP contribution in [-0.4, -0.2) is 29.2 Å². The van der Waals surface area contributed by atoms with Gasteiger partial charge in [0.2, 0.25) is 5.82 Å². The topological polar surface area (TPSA) is 93.5 Å². The second-order valence-corrected chi connectivity index (χ2v) is 8.62. The number of halogens is 5. The fourth-order valence-corrected chi connectivity index (χ4v) is 4.13. The molecule has 4 rings (SSSR count). The van der Waals surface area contributed by atoms with E-state index in [1.807, 2.05) is 31.2 Å². The molecule has 11 heteroatoms. The van der Waals surface area contributed by atoms with Gasteiger partial charge in [-0.15, -0.1) is 0 Å². The number of nitrogens with one attached hydrogen (secondary N) is 2. The first-order valence-corrected chi connectivity index (χ1v) is 11.3. The van der Waals surface area contributed by atoms with Crippen LogP contribution in [-0.2, 0) is 16.0 Å². The number of carbonyl (C=O) groups is 2. The SMILES string of the molecule is Cc1ccc(N2CCCc3cc(/C=C(/C(=N)C(=O)O)C(=O)Nc4c(F)c(F)c(F)c(F)c4F)ccc32)cc1. The van der Waals surface area contributed by atoms with Crippen LogP contribution in [0.4, 0.5) is 39.0 Å². The molecule has 196 valence electrons. The largest absolute Gasteiger partial charge is 0.477 e. The van der Waals surface area contributed by atoms with Crippen LogP contribution in [0.2, 0.25) is 0 Å². The second-order valence-electron chi connectivity index (χ2n) is 8.62. The molecule has 0 aromatic heterocycles. The van der Waals surface area contributed by atoms with Crippen molar-refractivity contribution in [2.24, 2.45) is 0 Å². The van der Waals surface area contributed by atoms with Crippen molar-refractivity contribution in [1.82, 2.24) is 0 Å². The minimum Gasteiger partial charge on any atom is -0.477 e. The molecule has 3 N–H and O–H groups in total. The third-order valence-electron chi connectivity index (χ3n) is 6.05. The number of hydrogen-bond donors (Lipinski definition) is 3. The Morgan fingerprint density at radius 3 is 2.16 bits per heavy atom. The minimum absolute atomic E-state index is 0.295. The summed E-state index contributed by atoms with van der Waals surface area (Å²) in [4.78, 5) is 26.3. The molecule has 0 aliphatic carbocycles. The summed E-state index contributed by atoms with van der Waals surface area (Å²) in [5, 5.41) is 18.6. The molecule has 3 aromatic carbocycles. The van der Waals surface area contributed by atoms with E-state index in [9.17, 15) is 36.6 Å². The Balaban J connectivity index is 1.71. The van der Waals surface area contributed by atoms with Crippen LogP contribution in [0.1, 0.15) is 23.1 Å². The zero-order chi connectivity index (χ0) is 27.7. The summed E-state index contributed by atoms with van der Waals surface area (Å²) in [5.74, 6) is -15.0. The maximum Gasteiger partial charge on any atom is 0.354 e. The summed E-state index contributed by atoms with van der Waals surface area (Å²) in [5.41, 5.74) is 0.361. The number of rotatable bonds is 6. The van der Waals surface area contributed by atoms with Gasteiger partial charge in [0, 0.05) is 17.9 Å². The van der Waals surface area contributed by atoms with E-state index in [2.05, 4.69) is 4.90 Å². The number of nitrogens with zero attached hydrogens (tertiary/aromatic N) is 1. The highest BCUT2D eigenvalue weighted by atomic mass is 19.2. The fraction of sp³-hybridized carbons (Fsp3) is 0.148. The first-order chi connectivity index (χ1) is 18.0. The number of aliphatic carboxylic acids is 1. The van der Waals surface area contributed by atoms with Crippen LogP contribution < -0.4 is 10.2 Å². The lowest BCUT2D eigenvalue weighted by molar-refractivity contribution is -0.129. The van der Waals surface area contributed by atoms with Gasteiger partial charge >= 0.3 is 5.97 Å². The van der Waals surface area contributed by atoms with E-state index >= 15 is 0 Å². The van der Waals surface area contributed by atoms with Crippen molar-refractivity contribution in [2.45, 2.75) is 19.8 Å². The lowest BCUT2D eigenvalue weighted by Gasteiger charge is -2.31. The molecule has 0 saturated carbocycles. The molecule has 6 nitrogen and oxygen atoms in total. The van der Waals surface area contributed by atoms with Gasteiger partial charge in [0.1, 0.15) is 5.69 Å². The Morgan fingerprint density at radius 2 is 1.55 bits per heavy atom. The number of anilines is 3. The fourth-order valence-electron chi connectivity index (χ4n) is 4.13. The van der Waals surface area contributed by atoms with E-state index in [1.54, 1.807) is 18.2 Å². The monoisotopic (exact) mass is 529 g/mol. The average Bonchev–Trinajstić information content (AvgIpc) is 2.91. The van der Waals surface area contributed by atoms with Crippen LogP contribution >= 0.6 is 0 Å². The second kappa shape index (κ2) is 10.4. The summed E-state index contributed by atoms with van der Waals surface area (Å²) in [6, 6.07) is 12.9. The third kappa shape index (κ3) is 4.99. The number of hydrogen-bond acceptors (Lipinski definition) is 4. The number of amides is 1. The quantitative estimate of drug-likeness (QED) is 0.122. The number of carbonyl (C=O) groups excluding carboxylic acids is 1. The molecule has 0 radical (unpaired) electrons. The molecular formula is C27H20F5N3O3. The molecular weight excluding hydrogens is 509 g/mol. The first kappa shape index (κ1) is 26.5. The molecule has 1 heterocycles. The van der Waals surface area contributed by atoms with Gasteiger partial charge in [-0.2, -0.15) is 0 Å². The average molecular weight is 529 g/mol. The summed E-state index contributed by atoms with van der Waals surface area (Å²) in [6.45, 7) is 2.73. The van der Waals surface area contributed by atoms with Crippen molar-refractivity contribution in [2.75, 3.05) is 16.8 Å². The highest BCUT2D eigenvalue weighted by Crippen LogP contribution is 2.35. The van der Waals surface area contributed by atoms with Crippen LogP contribution in [0.3, 0.4) is 0 Å². The molecule has 1 aliphatic heterocycles. The Bertz CT molecular complexity index is 1470. The number of benzene rings is 3.